The maximum absolute atomic E-state index is 10.7. The largest absolute Gasteiger partial charge is 0.478 e. The molecule has 0 radical (unpaired) electrons. The van der Waals surface area contributed by atoms with Gasteiger partial charge in [-0.1, -0.05) is 12.1 Å². The third-order valence-electron chi connectivity index (χ3n) is 2.42. The minimum atomic E-state index is -0.936. The highest BCUT2D eigenvalue weighted by Gasteiger charge is 2.04. The first kappa shape index (κ1) is 11.0. The van der Waals surface area contributed by atoms with Crippen molar-refractivity contribution < 1.29 is 9.90 Å². The molecule has 17 heavy (non-hydrogen) atoms. The molecule has 4 nitrogen and oxygen atoms in total. The molecule has 1 aromatic carbocycles. The molecule has 0 fully saturated rings. The second-order valence-electron chi connectivity index (χ2n) is 3.69. The molecule has 0 saturated carbocycles. The van der Waals surface area contributed by atoms with E-state index in [0.29, 0.717) is 12.1 Å². The van der Waals surface area contributed by atoms with Gasteiger partial charge >= 0.3 is 5.97 Å². The predicted molar refractivity (Wildman–Crippen MR) is 61.7 cm³/mol. The Kier molecular flexibility index (Phi) is 2.93. The number of benzene rings is 1. The summed E-state index contributed by atoms with van der Waals surface area (Å²) in [5, 5.41) is 17.6. The third kappa shape index (κ3) is 2.52. The van der Waals surface area contributed by atoms with Crippen LogP contribution in [0.2, 0.25) is 0 Å². The second kappa shape index (κ2) is 4.54. The summed E-state index contributed by atoms with van der Waals surface area (Å²) >= 11 is 0. The Bertz CT molecular complexity index is 593. The number of carboxylic acid groups (broad SMARTS) is 1. The fraction of sp³-hybridized carbons (Fsp3) is 0.0769. The lowest BCUT2D eigenvalue weighted by Gasteiger charge is -2.03. The molecule has 4 heteroatoms. The molecule has 2 aromatic rings. The number of hydrogen-bond donors (Lipinski definition) is 1. The molecule has 0 bridgehead atoms. The van der Waals surface area contributed by atoms with Crippen LogP contribution >= 0.6 is 0 Å². The van der Waals surface area contributed by atoms with Crippen LogP contribution in [-0.2, 0) is 6.54 Å². The van der Waals surface area contributed by atoms with Gasteiger partial charge in [0.15, 0.2) is 0 Å². The molecule has 0 saturated heterocycles. The van der Waals surface area contributed by atoms with Crippen LogP contribution in [0.3, 0.4) is 0 Å². The average molecular weight is 226 g/mol. The van der Waals surface area contributed by atoms with Crippen molar-refractivity contribution in [2.75, 3.05) is 0 Å². The summed E-state index contributed by atoms with van der Waals surface area (Å²) in [6, 6.07) is 10.9. The fourth-order valence-corrected chi connectivity index (χ4v) is 1.62. The molecule has 0 spiro atoms. The Balaban J connectivity index is 2.19. The van der Waals surface area contributed by atoms with Crippen molar-refractivity contribution in [3.63, 3.8) is 0 Å². The monoisotopic (exact) mass is 226 g/mol. The van der Waals surface area contributed by atoms with Crippen LogP contribution in [0.4, 0.5) is 0 Å². The van der Waals surface area contributed by atoms with Gasteiger partial charge in [0.25, 0.3) is 0 Å². The molecule has 0 aliphatic heterocycles. The van der Waals surface area contributed by atoms with Crippen LogP contribution in [0.15, 0.2) is 42.7 Å². The van der Waals surface area contributed by atoms with Gasteiger partial charge in [0.1, 0.15) is 0 Å². The number of carbonyl (C=O) groups is 1. The molecule has 0 atom stereocenters. The lowest BCUT2D eigenvalue weighted by atomic mass is 10.1. The van der Waals surface area contributed by atoms with Gasteiger partial charge in [-0.15, -0.1) is 0 Å². The number of nitrogens with zero attached hydrogens (tertiary/aromatic N) is 2. The molecule has 0 aliphatic carbocycles. The standard InChI is InChI=1S/C13H10N2O2/c14-7-10-2-1-3-11(6-10)8-15-5-4-12(9-15)13(16)17/h1-6,9H,8H2,(H,16,17). The van der Waals surface area contributed by atoms with Crippen molar-refractivity contribution in [3.05, 3.63) is 59.4 Å². The molecular weight excluding hydrogens is 216 g/mol. The topological polar surface area (TPSA) is 66.0 Å². The smallest absolute Gasteiger partial charge is 0.337 e. The Morgan fingerprint density at radius 3 is 2.88 bits per heavy atom. The molecule has 1 heterocycles. The molecule has 84 valence electrons. The van der Waals surface area contributed by atoms with E-state index in [9.17, 15) is 4.79 Å². The van der Waals surface area contributed by atoms with Gasteiger partial charge in [-0.05, 0) is 23.8 Å². The Morgan fingerprint density at radius 2 is 2.24 bits per heavy atom. The highest BCUT2D eigenvalue weighted by molar-refractivity contribution is 5.87. The second-order valence-corrected chi connectivity index (χ2v) is 3.69. The number of carboxylic acids is 1. The highest BCUT2D eigenvalue weighted by Crippen LogP contribution is 2.08. The predicted octanol–water partition coefficient (Wildman–Crippen LogP) is 2.11. The van der Waals surface area contributed by atoms with E-state index in [2.05, 4.69) is 6.07 Å². The van der Waals surface area contributed by atoms with Gasteiger partial charge < -0.3 is 9.67 Å². The maximum atomic E-state index is 10.7. The lowest BCUT2D eigenvalue weighted by molar-refractivity contribution is 0.0697. The van der Waals surface area contributed by atoms with Crippen LogP contribution in [0.25, 0.3) is 0 Å². The minimum absolute atomic E-state index is 0.265. The van der Waals surface area contributed by atoms with Crippen molar-refractivity contribution in [2.45, 2.75) is 6.54 Å². The lowest BCUT2D eigenvalue weighted by Crippen LogP contribution is -1.98. The van der Waals surface area contributed by atoms with E-state index < -0.39 is 5.97 Å². The fourth-order valence-electron chi connectivity index (χ4n) is 1.62. The quantitative estimate of drug-likeness (QED) is 0.871. The average Bonchev–Trinajstić information content (AvgIpc) is 2.78. The highest BCUT2D eigenvalue weighted by atomic mass is 16.4. The zero-order valence-corrected chi connectivity index (χ0v) is 9.00. The summed E-state index contributed by atoms with van der Waals surface area (Å²) in [6.07, 6.45) is 3.28. The summed E-state index contributed by atoms with van der Waals surface area (Å²) in [5.41, 5.74) is 1.84. The molecule has 0 aliphatic rings. The number of aromatic carboxylic acids is 1. The number of rotatable bonds is 3. The number of nitriles is 1. The molecule has 2 rings (SSSR count). The van der Waals surface area contributed by atoms with Crippen LogP contribution in [0.1, 0.15) is 21.5 Å². The van der Waals surface area contributed by atoms with Crippen molar-refractivity contribution in [3.8, 4) is 6.07 Å². The molecule has 1 N–H and O–H groups in total. The van der Waals surface area contributed by atoms with E-state index in [0.717, 1.165) is 5.56 Å². The Morgan fingerprint density at radius 1 is 1.41 bits per heavy atom. The van der Waals surface area contributed by atoms with Crippen molar-refractivity contribution >= 4 is 5.97 Å². The Labute approximate surface area is 98.4 Å². The van der Waals surface area contributed by atoms with E-state index >= 15 is 0 Å². The van der Waals surface area contributed by atoms with E-state index in [4.69, 9.17) is 10.4 Å². The van der Waals surface area contributed by atoms with Crippen molar-refractivity contribution in [2.24, 2.45) is 0 Å². The SMILES string of the molecule is N#Cc1cccc(Cn2ccc(C(=O)O)c2)c1. The maximum Gasteiger partial charge on any atom is 0.337 e. The van der Waals surface area contributed by atoms with Crippen LogP contribution in [0, 0.1) is 11.3 Å². The van der Waals surface area contributed by atoms with Crippen molar-refractivity contribution in [1.82, 2.24) is 4.57 Å². The normalized spacial score (nSPS) is 9.82. The van der Waals surface area contributed by atoms with Gasteiger partial charge in [0, 0.05) is 18.9 Å². The van der Waals surface area contributed by atoms with Gasteiger partial charge in [-0.2, -0.15) is 5.26 Å². The van der Waals surface area contributed by atoms with Crippen LogP contribution < -0.4 is 0 Å². The van der Waals surface area contributed by atoms with E-state index in [-0.39, 0.29) is 5.56 Å². The molecule has 1 aromatic heterocycles. The van der Waals surface area contributed by atoms with Gasteiger partial charge in [0.2, 0.25) is 0 Å². The summed E-state index contributed by atoms with van der Waals surface area (Å²) in [6.45, 7) is 0.558. The molecule has 0 amide bonds. The zero-order chi connectivity index (χ0) is 12.3. The summed E-state index contributed by atoms with van der Waals surface area (Å²) < 4.78 is 1.78. The summed E-state index contributed by atoms with van der Waals surface area (Å²) in [7, 11) is 0. The summed E-state index contributed by atoms with van der Waals surface area (Å²) in [5.74, 6) is -0.936. The van der Waals surface area contributed by atoms with Gasteiger partial charge in [0.05, 0.1) is 17.2 Å². The third-order valence-corrected chi connectivity index (χ3v) is 2.42. The van der Waals surface area contributed by atoms with E-state index in [1.54, 1.807) is 35.2 Å². The zero-order valence-electron chi connectivity index (χ0n) is 9.00. The van der Waals surface area contributed by atoms with Crippen molar-refractivity contribution in [1.29, 1.82) is 5.26 Å². The van der Waals surface area contributed by atoms with Gasteiger partial charge in [-0.3, -0.25) is 0 Å². The first-order valence-corrected chi connectivity index (χ1v) is 5.07. The molecular formula is C13H10N2O2. The van der Waals surface area contributed by atoms with E-state index in [1.165, 1.54) is 0 Å². The number of aromatic nitrogens is 1. The number of hydrogen-bond acceptors (Lipinski definition) is 2. The van der Waals surface area contributed by atoms with Crippen LogP contribution in [-0.4, -0.2) is 15.6 Å². The first-order valence-electron chi connectivity index (χ1n) is 5.07. The Hall–Kier alpha value is -2.54. The van der Waals surface area contributed by atoms with Crippen LogP contribution in [0.5, 0.6) is 0 Å². The molecule has 0 unspecified atom stereocenters. The first-order chi connectivity index (χ1) is 8.19. The van der Waals surface area contributed by atoms with Gasteiger partial charge in [-0.25, -0.2) is 4.79 Å². The van der Waals surface area contributed by atoms with E-state index in [1.807, 2.05) is 12.1 Å². The minimum Gasteiger partial charge on any atom is -0.478 e. The summed E-state index contributed by atoms with van der Waals surface area (Å²) in [4.78, 5) is 10.7.